The van der Waals surface area contributed by atoms with Crippen molar-refractivity contribution in [3.05, 3.63) is 46.0 Å². The van der Waals surface area contributed by atoms with Crippen LogP contribution in [-0.2, 0) is 0 Å². The summed E-state index contributed by atoms with van der Waals surface area (Å²) < 4.78 is 5.16. The third-order valence-electron chi connectivity index (χ3n) is 9.40. The fourth-order valence-electron chi connectivity index (χ4n) is 7.78. The number of hydrogen-bond donors (Lipinski definition) is 2. The Kier molecular flexibility index (Phi) is 4.03. The topological polar surface area (TPSA) is 70.7 Å². The second-order valence-electron chi connectivity index (χ2n) is 10.3. The van der Waals surface area contributed by atoms with E-state index < -0.39 is 5.60 Å². The molecule has 4 nitrogen and oxygen atoms in total. The number of allylic oxidation sites excluding steroid dienone is 1. The fourth-order valence-corrected chi connectivity index (χ4v) is 7.78. The van der Waals surface area contributed by atoms with E-state index in [4.69, 9.17) is 4.42 Å². The van der Waals surface area contributed by atoms with Crippen LogP contribution in [0.3, 0.4) is 0 Å². The summed E-state index contributed by atoms with van der Waals surface area (Å²) in [4.78, 5) is 11.4. The Bertz CT molecular complexity index is 851. The molecule has 0 bridgehead atoms. The smallest absolute Gasteiger partial charge is 0.335 e. The van der Waals surface area contributed by atoms with Gasteiger partial charge in [0, 0.05) is 11.5 Å². The zero-order valence-corrected chi connectivity index (χ0v) is 17.0. The molecule has 0 saturated heterocycles. The second-order valence-corrected chi connectivity index (χ2v) is 10.3. The second kappa shape index (κ2) is 6.06. The van der Waals surface area contributed by atoms with E-state index in [9.17, 15) is 15.0 Å². The van der Waals surface area contributed by atoms with Crippen molar-refractivity contribution in [3.63, 3.8) is 0 Å². The summed E-state index contributed by atoms with van der Waals surface area (Å²) >= 11 is 0. The average Bonchev–Trinajstić information content (AvgIpc) is 2.95. The molecule has 3 unspecified atom stereocenters. The minimum absolute atomic E-state index is 0.122. The van der Waals surface area contributed by atoms with Crippen LogP contribution in [0, 0.1) is 22.7 Å². The van der Waals surface area contributed by atoms with Gasteiger partial charge in [-0.3, -0.25) is 0 Å². The summed E-state index contributed by atoms with van der Waals surface area (Å²) in [6, 6.07) is 3.40. The number of aliphatic hydroxyl groups is 2. The SMILES string of the molecule is CC12CCC3C(CCC4=C[C@@H](O)CC[C@@]43C)[C@@]1(O)CC[C@@H]2c1ccc(=O)oc1. The van der Waals surface area contributed by atoms with E-state index >= 15 is 0 Å². The molecule has 1 heterocycles. The highest BCUT2D eigenvalue weighted by atomic mass is 16.4. The minimum Gasteiger partial charge on any atom is -0.431 e. The zero-order chi connectivity index (χ0) is 19.7. The van der Waals surface area contributed by atoms with Crippen molar-refractivity contribution < 1.29 is 14.6 Å². The maximum atomic E-state index is 12.1. The lowest BCUT2D eigenvalue weighted by molar-refractivity contribution is -0.178. The van der Waals surface area contributed by atoms with Crippen LogP contribution in [-0.4, -0.2) is 21.9 Å². The van der Waals surface area contributed by atoms with E-state index in [0.29, 0.717) is 11.8 Å². The lowest BCUT2D eigenvalue weighted by Gasteiger charge is -2.61. The van der Waals surface area contributed by atoms with Gasteiger partial charge in [-0.15, -0.1) is 0 Å². The van der Waals surface area contributed by atoms with Crippen molar-refractivity contribution in [1.82, 2.24) is 0 Å². The quantitative estimate of drug-likeness (QED) is 0.713. The molecule has 0 radical (unpaired) electrons. The summed E-state index contributed by atoms with van der Waals surface area (Å²) in [6.07, 6.45) is 11.2. The third-order valence-corrected chi connectivity index (χ3v) is 9.40. The molecule has 7 atom stereocenters. The molecule has 3 fully saturated rings. The summed E-state index contributed by atoms with van der Waals surface area (Å²) in [7, 11) is 0. The van der Waals surface area contributed by atoms with Crippen LogP contribution in [0.2, 0.25) is 0 Å². The van der Waals surface area contributed by atoms with Crippen LogP contribution in [0.25, 0.3) is 0 Å². The van der Waals surface area contributed by atoms with Gasteiger partial charge in [-0.25, -0.2) is 4.79 Å². The summed E-state index contributed by atoms with van der Waals surface area (Å²) in [5.74, 6) is 1.04. The largest absolute Gasteiger partial charge is 0.431 e. The molecular formula is C24H32O4. The average molecular weight is 385 g/mol. The van der Waals surface area contributed by atoms with Crippen LogP contribution < -0.4 is 5.63 Å². The first-order valence-electron chi connectivity index (χ1n) is 11.0. The predicted molar refractivity (Wildman–Crippen MR) is 107 cm³/mol. The van der Waals surface area contributed by atoms with Crippen LogP contribution in [0.15, 0.2) is 39.3 Å². The zero-order valence-electron chi connectivity index (χ0n) is 17.0. The van der Waals surface area contributed by atoms with E-state index in [-0.39, 0.29) is 28.5 Å². The first kappa shape index (κ1) is 18.6. The van der Waals surface area contributed by atoms with Gasteiger partial charge >= 0.3 is 5.63 Å². The summed E-state index contributed by atoms with van der Waals surface area (Å²) in [5.41, 5.74) is 1.45. The molecule has 3 saturated carbocycles. The Morgan fingerprint density at radius 2 is 1.86 bits per heavy atom. The number of aliphatic hydroxyl groups excluding tert-OH is 1. The number of fused-ring (bicyclic) bond motifs is 5. The molecule has 0 aliphatic heterocycles. The summed E-state index contributed by atoms with van der Waals surface area (Å²) in [6.45, 7) is 4.65. The molecular weight excluding hydrogens is 352 g/mol. The minimum atomic E-state index is -0.665. The maximum Gasteiger partial charge on any atom is 0.335 e. The molecule has 0 spiro atoms. The monoisotopic (exact) mass is 384 g/mol. The first-order chi connectivity index (χ1) is 13.3. The van der Waals surface area contributed by atoms with Gasteiger partial charge in [0.15, 0.2) is 0 Å². The van der Waals surface area contributed by atoms with Gasteiger partial charge in [-0.2, -0.15) is 0 Å². The highest BCUT2D eigenvalue weighted by Crippen LogP contribution is 2.70. The Balaban J connectivity index is 1.51. The molecule has 2 N–H and O–H groups in total. The van der Waals surface area contributed by atoms with Crippen molar-refractivity contribution in [1.29, 1.82) is 0 Å². The molecule has 0 aromatic carbocycles. The number of hydrogen-bond acceptors (Lipinski definition) is 4. The number of rotatable bonds is 1. The van der Waals surface area contributed by atoms with Gasteiger partial charge in [0.05, 0.1) is 18.0 Å². The Hall–Kier alpha value is -1.39. The lowest BCUT2D eigenvalue weighted by Crippen LogP contribution is -2.60. The third kappa shape index (κ3) is 2.34. The Morgan fingerprint density at radius 1 is 1.04 bits per heavy atom. The molecule has 0 amide bonds. The van der Waals surface area contributed by atoms with Crippen molar-refractivity contribution in [2.45, 2.75) is 82.8 Å². The molecule has 4 aliphatic rings. The van der Waals surface area contributed by atoms with Gasteiger partial charge in [0.25, 0.3) is 0 Å². The molecule has 5 rings (SSSR count). The standard InChI is InChI=1S/C24H32O4/c1-22-10-7-17(25)13-16(22)4-5-20-19(22)8-11-23(2)18(9-12-24(20,23)27)15-3-6-21(26)28-14-15/h3,6,13-14,17-20,25,27H,4-5,7-12H2,1-2H3/t17-,18+,19?,20?,22-,23?,24-/m0/s1. The molecule has 152 valence electrons. The predicted octanol–water partition coefficient (Wildman–Crippen LogP) is 4.16. The molecule has 1 aromatic heterocycles. The highest BCUT2D eigenvalue weighted by Gasteiger charge is 2.66. The maximum absolute atomic E-state index is 12.1. The van der Waals surface area contributed by atoms with Gasteiger partial charge in [-0.05, 0) is 86.2 Å². The Morgan fingerprint density at radius 3 is 2.61 bits per heavy atom. The summed E-state index contributed by atoms with van der Waals surface area (Å²) in [5, 5.41) is 22.3. The van der Waals surface area contributed by atoms with Gasteiger partial charge < -0.3 is 14.6 Å². The van der Waals surface area contributed by atoms with Crippen molar-refractivity contribution in [3.8, 4) is 0 Å². The first-order valence-corrected chi connectivity index (χ1v) is 11.0. The Labute approximate surface area is 166 Å². The van der Waals surface area contributed by atoms with Crippen LogP contribution in [0.5, 0.6) is 0 Å². The van der Waals surface area contributed by atoms with E-state index in [2.05, 4.69) is 19.9 Å². The molecule has 28 heavy (non-hydrogen) atoms. The van der Waals surface area contributed by atoms with E-state index in [1.807, 2.05) is 6.07 Å². The van der Waals surface area contributed by atoms with E-state index in [0.717, 1.165) is 56.9 Å². The van der Waals surface area contributed by atoms with Gasteiger partial charge in [-0.1, -0.05) is 25.5 Å². The molecule has 1 aromatic rings. The van der Waals surface area contributed by atoms with E-state index in [1.54, 1.807) is 6.26 Å². The van der Waals surface area contributed by atoms with Gasteiger partial charge in [0.2, 0.25) is 0 Å². The van der Waals surface area contributed by atoms with Crippen LogP contribution in [0.1, 0.15) is 76.7 Å². The molecule has 4 aliphatic carbocycles. The van der Waals surface area contributed by atoms with Crippen LogP contribution in [0.4, 0.5) is 0 Å². The van der Waals surface area contributed by atoms with Crippen molar-refractivity contribution in [2.24, 2.45) is 22.7 Å². The van der Waals surface area contributed by atoms with E-state index in [1.165, 1.54) is 11.6 Å². The van der Waals surface area contributed by atoms with Crippen LogP contribution >= 0.6 is 0 Å². The molecule has 4 heteroatoms. The van der Waals surface area contributed by atoms with Gasteiger partial charge in [0.1, 0.15) is 0 Å². The van der Waals surface area contributed by atoms with Crippen molar-refractivity contribution in [2.75, 3.05) is 0 Å². The highest BCUT2D eigenvalue weighted by molar-refractivity contribution is 5.31. The fraction of sp³-hybridized carbons (Fsp3) is 0.708. The van der Waals surface area contributed by atoms with Crippen molar-refractivity contribution >= 4 is 0 Å². The lowest BCUT2D eigenvalue weighted by atomic mass is 9.45. The normalized spacial score (nSPS) is 47.6.